The van der Waals surface area contributed by atoms with E-state index < -0.39 is 0 Å². The molecule has 1 aromatic heterocycles. The number of aryl methyl sites for hydroxylation is 1. The summed E-state index contributed by atoms with van der Waals surface area (Å²) < 4.78 is 2.07. The average Bonchev–Trinajstić information content (AvgIpc) is 2.84. The molecule has 3 heteroatoms. The summed E-state index contributed by atoms with van der Waals surface area (Å²) in [5.74, 6) is 0.750. The Bertz CT molecular complexity index is 324. The van der Waals surface area contributed by atoms with Gasteiger partial charge < -0.3 is 5.32 Å². The summed E-state index contributed by atoms with van der Waals surface area (Å²) >= 11 is 0. The van der Waals surface area contributed by atoms with Crippen LogP contribution in [0.1, 0.15) is 56.0 Å². The van der Waals surface area contributed by atoms with E-state index in [2.05, 4.69) is 35.1 Å². The topological polar surface area (TPSA) is 29.9 Å². The van der Waals surface area contributed by atoms with Gasteiger partial charge in [0.25, 0.3) is 0 Å². The molecule has 1 unspecified atom stereocenters. The SMILES string of the molecule is CNC(C)c1cc(C2CCCC2)n(C)n1. The van der Waals surface area contributed by atoms with Gasteiger partial charge >= 0.3 is 0 Å². The zero-order valence-corrected chi connectivity index (χ0v) is 9.95. The molecule has 1 aliphatic rings. The standard InChI is InChI=1S/C12H21N3/c1-9(13-2)11-8-12(15(3)14-11)10-6-4-5-7-10/h8-10,13H,4-7H2,1-3H3. The van der Waals surface area contributed by atoms with Gasteiger partial charge in [-0.05, 0) is 32.9 Å². The Balaban J connectivity index is 2.20. The van der Waals surface area contributed by atoms with Gasteiger partial charge in [-0.1, -0.05) is 12.8 Å². The summed E-state index contributed by atoms with van der Waals surface area (Å²) in [6.45, 7) is 2.15. The lowest BCUT2D eigenvalue weighted by molar-refractivity contribution is 0.589. The van der Waals surface area contributed by atoms with Crippen molar-refractivity contribution in [2.75, 3.05) is 7.05 Å². The van der Waals surface area contributed by atoms with Crippen molar-refractivity contribution in [3.63, 3.8) is 0 Å². The highest BCUT2D eigenvalue weighted by atomic mass is 15.3. The van der Waals surface area contributed by atoms with Crippen LogP contribution in [0.15, 0.2) is 6.07 Å². The lowest BCUT2D eigenvalue weighted by Crippen LogP contribution is -2.13. The Morgan fingerprint density at radius 1 is 1.47 bits per heavy atom. The van der Waals surface area contributed by atoms with E-state index in [1.807, 2.05) is 7.05 Å². The molecule has 1 aliphatic carbocycles. The first-order valence-corrected chi connectivity index (χ1v) is 5.93. The van der Waals surface area contributed by atoms with Crippen LogP contribution >= 0.6 is 0 Å². The molecule has 15 heavy (non-hydrogen) atoms. The molecule has 3 nitrogen and oxygen atoms in total. The minimum atomic E-state index is 0.353. The second-order valence-electron chi connectivity index (χ2n) is 4.61. The molecule has 1 saturated carbocycles. The van der Waals surface area contributed by atoms with Gasteiger partial charge in [0.2, 0.25) is 0 Å². The van der Waals surface area contributed by atoms with Crippen molar-refractivity contribution < 1.29 is 0 Å². The minimum Gasteiger partial charge on any atom is -0.312 e. The van der Waals surface area contributed by atoms with E-state index in [1.165, 1.54) is 37.1 Å². The maximum absolute atomic E-state index is 4.58. The fraction of sp³-hybridized carbons (Fsp3) is 0.750. The molecule has 1 fully saturated rings. The molecule has 0 spiro atoms. The highest BCUT2D eigenvalue weighted by molar-refractivity contribution is 5.18. The fourth-order valence-electron chi connectivity index (χ4n) is 2.47. The Labute approximate surface area is 91.9 Å². The predicted molar refractivity (Wildman–Crippen MR) is 61.9 cm³/mol. The molecular formula is C12H21N3. The van der Waals surface area contributed by atoms with Crippen molar-refractivity contribution >= 4 is 0 Å². The van der Waals surface area contributed by atoms with Crippen LogP contribution in [-0.2, 0) is 7.05 Å². The number of nitrogens with zero attached hydrogens (tertiary/aromatic N) is 2. The molecule has 0 radical (unpaired) electrons. The molecule has 0 saturated heterocycles. The largest absolute Gasteiger partial charge is 0.312 e. The normalized spacial score (nSPS) is 19.7. The van der Waals surface area contributed by atoms with Crippen molar-refractivity contribution in [2.24, 2.45) is 7.05 Å². The van der Waals surface area contributed by atoms with Gasteiger partial charge in [-0.15, -0.1) is 0 Å². The molecule has 0 amide bonds. The summed E-state index contributed by atoms with van der Waals surface area (Å²) in [7, 11) is 4.05. The molecule has 1 N–H and O–H groups in total. The zero-order valence-electron chi connectivity index (χ0n) is 9.95. The molecule has 84 valence electrons. The summed E-state index contributed by atoms with van der Waals surface area (Å²) in [6, 6.07) is 2.63. The molecule has 2 rings (SSSR count). The van der Waals surface area contributed by atoms with Crippen LogP contribution in [0.25, 0.3) is 0 Å². The highest BCUT2D eigenvalue weighted by Gasteiger charge is 2.21. The van der Waals surface area contributed by atoms with Crippen LogP contribution < -0.4 is 5.32 Å². The van der Waals surface area contributed by atoms with Crippen molar-refractivity contribution in [3.8, 4) is 0 Å². The van der Waals surface area contributed by atoms with E-state index in [4.69, 9.17) is 0 Å². The quantitative estimate of drug-likeness (QED) is 0.824. The van der Waals surface area contributed by atoms with Gasteiger partial charge in [0.1, 0.15) is 0 Å². The van der Waals surface area contributed by atoms with Gasteiger partial charge in [-0.2, -0.15) is 5.10 Å². The first kappa shape index (κ1) is 10.7. The smallest absolute Gasteiger partial charge is 0.0793 e. The van der Waals surface area contributed by atoms with Gasteiger partial charge in [0, 0.05) is 24.7 Å². The van der Waals surface area contributed by atoms with Crippen LogP contribution in [0.2, 0.25) is 0 Å². The van der Waals surface area contributed by atoms with Gasteiger partial charge in [0.05, 0.1) is 5.69 Å². The summed E-state index contributed by atoms with van der Waals surface area (Å²) in [5.41, 5.74) is 2.59. The average molecular weight is 207 g/mol. The van der Waals surface area contributed by atoms with E-state index in [9.17, 15) is 0 Å². The first-order chi connectivity index (χ1) is 7.22. The Morgan fingerprint density at radius 3 is 2.73 bits per heavy atom. The van der Waals surface area contributed by atoms with E-state index in [-0.39, 0.29) is 0 Å². The maximum atomic E-state index is 4.58. The Hall–Kier alpha value is -0.830. The summed E-state index contributed by atoms with van der Waals surface area (Å²) in [5, 5.41) is 7.82. The molecule has 0 aromatic carbocycles. The number of hydrogen-bond donors (Lipinski definition) is 1. The fourth-order valence-corrected chi connectivity index (χ4v) is 2.47. The van der Waals surface area contributed by atoms with Crippen molar-refractivity contribution in [2.45, 2.75) is 44.6 Å². The van der Waals surface area contributed by atoms with E-state index in [0.717, 1.165) is 5.92 Å². The second-order valence-corrected chi connectivity index (χ2v) is 4.61. The van der Waals surface area contributed by atoms with E-state index >= 15 is 0 Å². The van der Waals surface area contributed by atoms with E-state index in [1.54, 1.807) is 0 Å². The zero-order chi connectivity index (χ0) is 10.8. The Morgan fingerprint density at radius 2 is 2.13 bits per heavy atom. The van der Waals surface area contributed by atoms with Crippen LogP contribution in [0.5, 0.6) is 0 Å². The van der Waals surface area contributed by atoms with Crippen LogP contribution in [-0.4, -0.2) is 16.8 Å². The molecule has 1 atom stereocenters. The number of rotatable bonds is 3. The van der Waals surface area contributed by atoms with Crippen LogP contribution in [0.3, 0.4) is 0 Å². The monoisotopic (exact) mass is 207 g/mol. The molecule has 0 bridgehead atoms. The third-order valence-corrected chi connectivity index (χ3v) is 3.59. The van der Waals surface area contributed by atoms with E-state index in [0.29, 0.717) is 6.04 Å². The maximum Gasteiger partial charge on any atom is 0.0793 e. The molecular weight excluding hydrogens is 186 g/mol. The molecule has 1 heterocycles. The third kappa shape index (κ3) is 2.07. The van der Waals surface area contributed by atoms with Gasteiger partial charge in [-0.25, -0.2) is 0 Å². The van der Waals surface area contributed by atoms with Gasteiger partial charge in [-0.3, -0.25) is 4.68 Å². The predicted octanol–water partition coefficient (Wildman–Crippen LogP) is 2.36. The van der Waals surface area contributed by atoms with Crippen molar-refractivity contribution in [1.82, 2.24) is 15.1 Å². The third-order valence-electron chi connectivity index (χ3n) is 3.59. The number of hydrogen-bond acceptors (Lipinski definition) is 2. The Kier molecular flexibility index (Phi) is 3.10. The highest BCUT2D eigenvalue weighted by Crippen LogP contribution is 2.34. The van der Waals surface area contributed by atoms with Crippen LogP contribution in [0, 0.1) is 0 Å². The lowest BCUT2D eigenvalue weighted by Gasteiger charge is -2.08. The molecule has 0 aliphatic heterocycles. The first-order valence-electron chi connectivity index (χ1n) is 5.93. The summed E-state index contributed by atoms with van der Waals surface area (Å²) in [6.07, 6.45) is 5.44. The van der Waals surface area contributed by atoms with Gasteiger partial charge in [0.15, 0.2) is 0 Å². The molecule has 1 aromatic rings. The van der Waals surface area contributed by atoms with Crippen LogP contribution in [0.4, 0.5) is 0 Å². The second kappa shape index (κ2) is 4.35. The lowest BCUT2D eigenvalue weighted by atomic mass is 10.0. The van der Waals surface area contributed by atoms with Crippen molar-refractivity contribution in [1.29, 1.82) is 0 Å². The number of nitrogens with one attached hydrogen (secondary N) is 1. The number of aromatic nitrogens is 2. The minimum absolute atomic E-state index is 0.353. The van der Waals surface area contributed by atoms with Crippen molar-refractivity contribution in [3.05, 3.63) is 17.5 Å². The summed E-state index contributed by atoms with van der Waals surface area (Å²) in [4.78, 5) is 0.